The van der Waals surface area contributed by atoms with E-state index in [1.807, 2.05) is 20.8 Å². The van der Waals surface area contributed by atoms with Crippen molar-refractivity contribution in [2.24, 2.45) is 0 Å². The van der Waals surface area contributed by atoms with E-state index >= 15 is 0 Å². The van der Waals surface area contributed by atoms with Gasteiger partial charge in [-0.15, -0.1) is 0 Å². The topological polar surface area (TPSA) is 38.3 Å². The van der Waals surface area contributed by atoms with Gasteiger partial charge < -0.3 is 10.1 Å². The minimum Gasteiger partial charge on any atom is -0.491 e. The lowest BCUT2D eigenvalue weighted by atomic mass is 10.1. The van der Waals surface area contributed by atoms with Crippen LogP contribution in [0.25, 0.3) is 0 Å². The Labute approximate surface area is 123 Å². The highest BCUT2D eigenvalue weighted by Crippen LogP contribution is 2.25. The van der Waals surface area contributed by atoms with Crippen molar-refractivity contribution in [3.05, 3.63) is 28.8 Å². The van der Waals surface area contributed by atoms with Crippen LogP contribution in [0.3, 0.4) is 0 Å². The second-order valence-corrected chi connectivity index (χ2v) is 7.21. The van der Waals surface area contributed by atoms with Gasteiger partial charge in [0, 0.05) is 0 Å². The molecule has 4 heteroatoms. The van der Waals surface area contributed by atoms with Crippen LogP contribution in [0, 0.1) is 20.8 Å². The lowest BCUT2D eigenvalue weighted by Crippen LogP contribution is -2.39. The van der Waals surface area contributed by atoms with E-state index in [2.05, 4.69) is 47.2 Å². The van der Waals surface area contributed by atoms with E-state index in [4.69, 9.17) is 4.74 Å². The minimum atomic E-state index is -0.540. The first-order valence-electron chi connectivity index (χ1n) is 6.40. The first-order chi connectivity index (χ1) is 8.73. The maximum Gasteiger partial charge on any atom is 0.236 e. The average Bonchev–Trinajstić information content (AvgIpc) is 2.31. The lowest BCUT2D eigenvalue weighted by molar-refractivity contribution is -0.122. The predicted molar refractivity (Wildman–Crippen MR) is 82.2 cm³/mol. The number of alkyl halides is 1. The Hall–Kier alpha value is -1.03. The van der Waals surface area contributed by atoms with E-state index < -0.39 is 4.32 Å². The summed E-state index contributed by atoms with van der Waals surface area (Å²) in [5.41, 5.74) is 3.49. The second kappa shape index (κ2) is 6.42. The van der Waals surface area contributed by atoms with Crippen molar-refractivity contribution in [1.82, 2.24) is 5.32 Å². The first-order valence-corrected chi connectivity index (χ1v) is 7.19. The molecule has 0 spiro atoms. The fourth-order valence-electron chi connectivity index (χ4n) is 1.68. The quantitative estimate of drug-likeness (QED) is 0.665. The number of ether oxygens (including phenoxy) is 1. The Morgan fingerprint density at radius 3 is 2.42 bits per heavy atom. The van der Waals surface area contributed by atoms with E-state index in [-0.39, 0.29) is 5.91 Å². The molecule has 0 saturated carbocycles. The van der Waals surface area contributed by atoms with Crippen molar-refractivity contribution in [1.29, 1.82) is 0 Å². The molecule has 0 aliphatic heterocycles. The van der Waals surface area contributed by atoms with Gasteiger partial charge in [-0.25, -0.2) is 0 Å². The van der Waals surface area contributed by atoms with Crippen LogP contribution in [0.1, 0.15) is 30.5 Å². The van der Waals surface area contributed by atoms with Crippen LogP contribution in [-0.4, -0.2) is 23.4 Å². The lowest BCUT2D eigenvalue weighted by Gasteiger charge is -2.17. The molecule has 0 fully saturated rings. The van der Waals surface area contributed by atoms with Gasteiger partial charge in [0.25, 0.3) is 0 Å². The zero-order chi connectivity index (χ0) is 14.6. The number of halogens is 1. The third-order valence-electron chi connectivity index (χ3n) is 3.05. The van der Waals surface area contributed by atoms with E-state index in [0.717, 1.165) is 16.9 Å². The summed E-state index contributed by atoms with van der Waals surface area (Å²) in [7, 11) is 0. The Balaban J connectivity index is 2.51. The summed E-state index contributed by atoms with van der Waals surface area (Å²) in [5.74, 6) is 0.890. The normalized spacial score (nSPS) is 11.3. The molecule has 106 valence electrons. The molecule has 0 saturated heterocycles. The molecule has 0 atom stereocenters. The molecule has 3 nitrogen and oxygen atoms in total. The minimum absolute atomic E-state index is 0.0335. The summed E-state index contributed by atoms with van der Waals surface area (Å²) in [6, 6.07) is 4.14. The third kappa shape index (κ3) is 4.53. The molecule has 1 N–H and O–H groups in total. The van der Waals surface area contributed by atoms with Crippen LogP contribution in [-0.2, 0) is 4.79 Å². The summed E-state index contributed by atoms with van der Waals surface area (Å²) in [6.45, 7) is 10.8. The van der Waals surface area contributed by atoms with Crippen molar-refractivity contribution in [3.63, 3.8) is 0 Å². The summed E-state index contributed by atoms with van der Waals surface area (Å²) in [5, 5.41) is 2.84. The van der Waals surface area contributed by atoms with Crippen LogP contribution >= 0.6 is 15.9 Å². The van der Waals surface area contributed by atoms with Gasteiger partial charge in [0.15, 0.2) is 0 Å². The summed E-state index contributed by atoms with van der Waals surface area (Å²) >= 11 is 3.32. The highest BCUT2D eigenvalue weighted by Gasteiger charge is 2.22. The van der Waals surface area contributed by atoms with Gasteiger partial charge in [0.2, 0.25) is 5.91 Å². The van der Waals surface area contributed by atoms with Crippen molar-refractivity contribution in [3.8, 4) is 5.75 Å². The van der Waals surface area contributed by atoms with E-state index in [1.165, 1.54) is 5.56 Å². The van der Waals surface area contributed by atoms with Crippen LogP contribution in [0.4, 0.5) is 0 Å². The number of rotatable bonds is 5. The molecule has 0 bridgehead atoms. The standard InChI is InChI=1S/C15H22BrNO2/c1-10-6-7-11(2)13(12(10)3)19-9-8-17-14(18)15(4,5)16/h6-7H,8-9H2,1-5H3,(H,17,18). The van der Waals surface area contributed by atoms with E-state index in [1.54, 1.807) is 0 Å². The highest BCUT2D eigenvalue weighted by molar-refractivity contribution is 9.10. The van der Waals surface area contributed by atoms with Gasteiger partial charge in [-0.2, -0.15) is 0 Å². The molecule has 0 aromatic heterocycles. The maximum atomic E-state index is 11.7. The Kier molecular flexibility index (Phi) is 5.41. The zero-order valence-corrected chi connectivity index (χ0v) is 13.8. The molecule has 0 unspecified atom stereocenters. The number of aryl methyl sites for hydroxylation is 2. The first kappa shape index (κ1) is 16.0. The molecule has 1 aromatic rings. The number of benzene rings is 1. The van der Waals surface area contributed by atoms with E-state index in [9.17, 15) is 4.79 Å². The second-order valence-electron chi connectivity index (χ2n) is 5.23. The number of carbonyl (C=O) groups is 1. The van der Waals surface area contributed by atoms with Crippen molar-refractivity contribution in [2.75, 3.05) is 13.2 Å². The van der Waals surface area contributed by atoms with Crippen molar-refractivity contribution in [2.45, 2.75) is 38.9 Å². The third-order valence-corrected chi connectivity index (χ3v) is 3.41. The van der Waals surface area contributed by atoms with E-state index in [0.29, 0.717) is 13.2 Å². The van der Waals surface area contributed by atoms with Gasteiger partial charge in [0.05, 0.1) is 10.9 Å². The van der Waals surface area contributed by atoms with Gasteiger partial charge in [0.1, 0.15) is 12.4 Å². The number of nitrogens with one attached hydrogen (secondary N) is 1. The summed E-state index contributed by atoms with van der Waals surface area (Å²) < 4.78 is 5.24. The smallest absolute Gasteiger partial charge is 0.236 e. The molecule has 0 aliphatic rings. The molecular formula is C15H22BrNO2. The van der Waals surface area contributed by atoms with Crippen LogP contribution in [0.2, 0.25) is 0 Å². The van der Waals surface area contributed by atoms with Gasteiger partial charge in [-0.3, -0.25) is 4.79 Å². The molecule has 1 rings (SSSR count). The molecule has 1 amide bonds. The van der Waals surface area contributed by atoms with Crippen LogP contribution < -0.4 is 10.1 Å². The van der Waals surface area contributed by atoms with Crippen molar-refractivity contribution >= 4 is 21.8 Å². The molecule has 19 heavy (non-hydrogen) atoms. The molecule has 1 aromatic carbocycles. The average molecular weight is 328 g/mol. The predicted octanol–water partition coefficient (Wildman–Crippen LogP) is 3.28. The Bertz CT molecular complexity index is 464. The molecule has 0 heterocycles. The maximum absolute atomic E-state index is 11.7. The highest BCUT2D eigenvalue weighted by atomic mass is 79.9. The monoisotopic (exact) mass is 327 g/mol. The van der Waals surface area contributed by atoms with Gasteiger partial charge in [-0.05, 0) is 51.3 Å². The summed E-state index contributed by atoms with van der Waals surface area (Å²) in [4.78, 5) is 11.7. The zero-order valence-electron chi connectivity index (χ0n) is 12.3. The number of hydrogen-bond acceptors (Lipinski definition) is 2. The summed E-state index contributed by atoms with van der Waals surface area (Å²) in [6.07, 6.45) is 0. The number of hydrogen-bond donors (Lipinski definition) is 1. The molecular weight excluding hydrogens is 306 g/mol. The Morgan fingerprint density at radius 1 is 1.26 bits per heavy atom. The molecule has 0 aliphatic carbocycles. The Morgan fingerprint density at radius 2 is 1.84 bits per heavy atom. The number of carbonyl (C=O) groups excluding carboxylic acids is 1. The van der Waals surface area contributed by atoms with Crippen molar-refractivity contribution < 1.29 is 9.53 Å². The van der Waals surface area contributed by atoms with Crippen LogP contribution in [0.5, 0.6) is 5.75 Å². The van der Waals surface area contributed by atoms with Gasteiger partial charge in [-0.1, -0.05) is 28.1 Å². The van der Waals surface area contributed by atoms with Crippen LogP contribution in [0.15, 0.2) is 12.1 Å². The number of amides is 1. The molecule has 0 radical (unpaired) electrons. The fourth-order valence-corrected chi connectivity index (χ4v) is 1.82. The largest absolute Gasteiger partial charge is 0.491 e. The fraction of sp³-hybridized carbons (Fsp3) is 0.533. The SMILES string of the molecule is Cc1ccc(C)c(OCCNC(=O)C(C)(C)Br)c1C. The van der Waals surface area contributed by atoms with Gasteiger partial charge >= 0.3 is 0 Å².